The van der Waals surface area contributed by atoms with Crippen molar-refractivity contribution < 1.29 is 17.3 Å². The Hall–Kier alpha value is -1.77. The van der Waals surface area contributed by atoms with Crippen molar-refractivity contribution in [3.63, 3.8) is 0 Å². The predicted octanol–water partition coefficient (Wildman–Crippen LogP) is 1.71. The highest BCUT2D eigenvalue weighted by molar-refractivity contribution is 7.93. The molecule has 0 aliphatic heterocycles. The van der Waals surface area contributed by atoms with Crippen LogP contribution in [0.15, 0.2) is 16.9 Å². The summed E-state index contributed by atoms with van der Waals surface area (Å²) < 4.78 is 42.6. The lowest BCUT2D eigenvalue weighted by atomic mass is 10.2. The minimum absolute atomic E-state index is 0.0626. The number of hydrogen-bond acceptors (Lipinski definition) is 6. The van der Waals surface area contributed by atoms with Gasteiger partial charge >= 0.3 is 0 Å². The number of hydrogen-bond donors (Lipinski definition) is 0. The second kappa shape index (κ2) is 5.15. The Morgan fingerprint density at radius 2 is 2.18 bits per heavy atom. The van der Waals surface area contributed by atoms with Gasteiger partial charge in [0.15, 0.2) is 9.84 Å². The molecule has 1 saturated carbocycles. The van der Waals surface area contributed by atoms with Crippen molar-refractivity contribution >= 4 is 9.84 Å². The van der Waals surface area contributed by atoms with E-state index in [4.69, 9.17) is 4.52 Å². The van der Waals surface area contributed by atoms with Crippen molar-refractivity contribution in [2.45, 2.75) is 43.2 Å². The molecule has 0 aromatic carbocycles. The minimum atomic E-state index is -3.36. The van der Waals surface area contributed by atoms with Crippen LogP contribution in [0, 0.1) is 0 Å². The lowest BCUT2D eigenvalue weighted by Gasteiger charge is -2.19. The molecular formula is C13H17FN4O3S. The van der Waals surface area contributed by atoms with Gasteiger partial charge in [0, 0.05) is 6.20 Å². The highest BCUT2D eigenvalue weighted by Gasteiger charge is 2.50. The molecule has 22 heavy (non-hydrogen) atoms. The van der Waals surface area contributed by atoms with Crippen LogP contribution in [0.1, 0.15) is 32.6 Å². The standard InChI is InChI=1S/C13H17FN4O3S/c1-13(2,22(19,20)10-3-4-10)12-16-11(17-21-12)9-7-15-18(8-9)6-5-14/h7-8,10H,3-6H2,1-2H3. The van der Waals surface area contributed by atoms with Gasteiger partial charge in [-0.25, -0.2) is 12.8 Å². The van der Waals surface area contributed by atoms with Gasteiger partial charge in [0.05, 0.1) is 23.6 Å². The normalized spacial score (nSPS) is 16.1. The van der Waals surface area contributed by atoms with Gasteiger partial charge in [-0.3, -0.25) is 4.68 Å². The number of aryl methyl sites for hydroxylation is 1. The monoisotopic (exact) mass is 328 g/mol. The molecule has 0 N–H and O–H groups in total. The van der Waals surface area contributed by atoms with Crippen LogP contribution in [-0.2, 0) is 21.1 Å². The molecule has 0 amide bonds. The molecule has 0 spiro atoms. The Labute approximate surface area is 127 Å². The van der Waals surface area contributed by atoms with Gasteiger partial charge in [0.1, 0.15) is 11.4 Å². The van der Waals surface area contributed by atoms with Gasteiger partial charge in [-0.15, -0.1) is 0 Å². The van der Waals surface area contributed by atoms with Crippen molar-refractivity contribution in [2.24, 2.45) is 0 Å². The van der Waals surface area contributed by atoms with E-state index < -0.39 is 21.3 Å². The average molecular weight is 328 g/mol. The molecule has 7 nitrogen and oxygen atoms in total. The van der Waals surface area contributed by atoms with E-state index in [-0.39, 0.29) is 23.5 Å². The number of aromatic nitrogens is 4. The summed E-state index contributed by atoms with van der Waals surface area (Å²) >= 11 is 0. The molecule has 9 heteroatoms. The van der Waals surface area contributed by atoms with Crippen molar-refractivity contribution in [2.75, 3.05) is 6.67 Å². The first-order valence-electron chi connectivity index (χ1n) is 7.02. The summed E-state index contributed by atoms with van der Waals surface area (Å²) in [6.07, 6.45) is 4.45. The summed E-state index contributed by atoms with van der Waals surface area (Å²) in [7, 11) is -3.36. The number of sulfone groups is 1. The van der Waals surface area contributed by atoms with E-state index >= 15 is 0 Å². The van der Waals surface area contributed by atoms with Crippen LogP contribution in [0.5, 0.6) is 0 Å². The molecule has 1 aliphatic carbocycles. The first kappa shape index (κ1) is 15.1. The fourth-order valence-electron chi connectivity index (χ4n) is 2.19. The van der Waals surface area contributed by atoms with Crippen LogP contribution in [0.4, 0.5) is 4.39 Å². The molecule has 0 unspecified atom stereocenters. The smallest absolute Gasteiger partial charge is 0.247 e. The molecule has 1 fully saturated rings. The van der Waals surface area contributed by atoms with E-state index in [2.05, 4.69) is 15.2 Å². The maximum Gasteiger partial charge on any atom is 0.247 e. The lowest BCUT2D eigenvalue weighted by Crippen LogP contribution is -2.32. The van der Waals surface area contributed by atoms with Crippen molar-refractivity contribution in [3.8, 4) is 11.4 Å². The summed E-state index contributed by atoms with van der Waals surface area (Å²) in [5, 5.41) is 7.48. The zero-order chi connectivity index (χ0) is 16.0. The van der Waals surface area contributed by atoms with E-state index in [1.54, 1.807) is 20.0 Å². The zero-order valence-electron chi connectivity index (χ0n) is 12.4. The third-order valence-corrected chi connectivity index (χ3v) is 6.77. The topological polar surface area (TPSA) is 90.9 Å². The zero-order valence-corrected chi connectivity index (χ0v) is 13.2. The predicted molar refractivity (Wildman–Crippen MR) is 76.5 cm³/mol. The van der Waals surface area contributed by atoms with Gasteiger partial charge < -0.3 is 4.52 Å². The largest absolute Gasteiger partial charge is 0.337 e. The number of nitrogens with zero attached hydrogens (tertiary/aromatic N) is 4. The van der Waals surface area contributed by atoms with Gasteiger partial charge in [-0.2, -0.15) is 10.1 Å². The van der Waals surface area contributed by atoms with Gasteiger partial charge in [0.25, 0.3) is 0 Å². The van der Waals surface area contributed by atoms with Crippen molar-refractivity contribution in [3.05, 3.63) is 18.3 Å². The number of halogens is 1. The summed E-state index contributed by atoms with van der Waals surface area (Å²) in [5.74, 6) is 0.312. The van der Waals surface area contributed by atoms with E-state index in [0.29, 0.717) is 18.4 Å². The maximum absolute atomic E-state index is 12.5. The van der Waals surface area contributed by atoms with Crippen molar-refractivity contribution in [1.82, 2.24) is 19.9 Å². The fraction of sp³-hybridized carbons (Fsp3) is 0.615. The summed E-state index contributed by atoms with van der Waals surface area (Å²) in [5.41, 5.74) is 0.558. The second-order valence-corrected chi connectivity index (χ2v) is 8.64. The summed E-state index contributed by atoms with van der Waals surface area (Å²) in [4.78, 5) is 4.20. The molecule has 0 atom stereocenters. The SMILES string of the molecule is CC(C)(c1nc(-c2cnn(CCF)c2)no1)S(=O)(=O)C1CC1. The van der Waals surface area contributed by atoms with Crippen LogP contribution >= 0.6 is 0 Å². The summed E-state index contributed by atoms with van der Waals surface area (Å²) in [6.45, 7) is 2.77. The fourth-order valence-corrected chi connectivity index (χ4v) is 4.11. The first-order valence-corrected chi connectivity index (χ1v) is 8.57. The first-order chi connectivity index (χ1) is 10.4. The van der Waals surface area contributed by atoms with Crippen LogP contribution < -0.4 is 0 Å². The highest BCUT2D eigenvalue weighted by Crippen LogP contribution is 2.41. The number of alkyl halides is 1. The molecule has 0 saturated heterocycles. The van der Waals surface area contributed by atoms with Gasteiger partial charge in [-0.1, -0.05) is 5.16 Å². The molecule has 0 bridgehead atoms. The Bertz CT molecular complexity index is 777. The van der Waals surface area contributed by atoms with Gasteiger partial charge in [0.2, 0.25) is 11.7 Å². The Balaban J connectivity index is 1.89. The lowest BCUT2D eigenvalue weighted by molar-refractivity contribution is 0.347. The Morgan fingerprint density at radius 3 is 2.82 bits per heavy atom. The molecule has 3 rings (SSSR count). The highest BCUT2D eigenvalue weighted by atomic mass is 32.2. The molecule has 1 aliphatic rings. The molecule has 2 aromatic heterocycles. The second-order valence-electron chi connectivity index (χ2n) is 5.86. The number of rotatable bonds is 6. The maximum atomic E-state index is 12.5. The van der Waals surface area contributed by atoms with E-state index in [1.165, 1.54) is 10.9 Å². The van der Waals surface area contributed by atoms with Crippen molar-refractivity contribution in [1.29, 1.82) is 0 Å². The molecular weight excluding hydrogens is 311 g/mol. The molecule has 2 aromatic rings. The molecule has 0 radical (unpaired) electrons. The molecule has 2 heterocycles. The van der Waals surface area contributed by atoms with Crippen LogP contribution in [0.3, 0.4) is 0 Å². The van der Waals surface area contributed by atoms with E-state index in [9.17, 15) is 12.8 Å². The van der Waals surface area contributed by atoms with Crippen LogP contribution in [0.2, 0.25) is 0 Å². The molecule has 120 valence electrons. The minimum Gasteiger partial charge on any atom is -0.337 e. The third kappa shape index (κ3) is 2.43. The third-order valence-electron chi connectivity index (χ3n) is 3.82. The Morgan fingerprint density at radius 1 is 1.45 bits per heavy atom. The van der Waals surface area contributed by atoms with Crippen LogP contribution in [-0.4, -0.2) is 40.3 Å². The average Bonchev–Trinajstić information content (AvgIpc) is 3.03. The quantitative estimate of drug-likeness (QED) is 0.802. The van der Waals surface area contributed by atoms with E-state index in [1.807, 2.05) is 0 Å². The van der Waals surface area contributed by atoms with Crippen LogP contribution in [0.25, 0.3) is 11.4 Å². The summed E-state index contributed by atoms with van der Waals surface area (Å²) in [6, 6.07) is 0. The van der Waals surface area contributed by atoms with E-state index in [0.717, 1.165) is 0 Å². The van der Waals surface area contributed by atoms with Gasteiger partial charge in [-0.05, 0) is 26.7 Å². The Kier molecular flexibility index (Phi) is 3.54.